The zero-order valence-electron chi connectivity index (χ0n) is 17.4. The van der Waals surface area contributed by atoms with Gasteiger partial charge in [0.1, 0.15) is 0 Å². The largest absolute Gasteiger partial charge is 0.366 e. The SMILES string of the molecule is CC(C)CC1CN(Cc2ccc3ccccc3c2)c2ccc(C(N)=O)cc2NC1=O. The van der Waals surface area contributed by atoms with Gasteiger partial charge < -0.3 is 16.0 Å². The molecule has 3 aromatic carbocycles. The van der Waals surface area contributed by atoms with Crippen molar-refractivity contribution in [3.05, 3.63) is 71.8 Å². The smallest absolute Gasteiger partial charge is 0.248 e. The molecule has 0 saturated carbocycles. The van der Waals surface area contributed by atoms with Crippen molar-refractivity contribution in [2.45, 2.75) is 26.8 Å². The minimum Gasteiger partial charge on any atom is -0.366 e. The molecular weight excluding hydrogens is 374 g/mol. The Morgan fingerprint density at radius 1 is 1.10 bits per heavy atom. The third-order valence-corrected chi connectivity index (χ3v) is 5.63. The number of nitrogens with two attached hydrogens (primary N) is 1. The first-order chi connectivity index (χ1) is 14.4. The quantitative estimate of drug-likeness (QED) is 0.658. The molecule has 4 rings (SSSR count). The van der Waals surface area contributed by atoms with Gasteiger partial charge in [-0.25, -0.2) is 0 Å². The number of fused-ring (bicyclic) bond motifs is 2. The highest BCUT2D eigenvalue weighted by molar-refractivity contribution is 6.01. The first-order valence-corrected chi connectivity index (χ1v) is 10.4. The molecule has 5 nitrogen and oxygen atoms in total. The monoisotopic (exact) mass is 401 g/mol. The maximum atomic E-state index is 12.9. The average molecular weight is 402 g/mol. The molecule has 1 atom stereocenters. The summed E-state index contributed by atoms with van der Waals surface area (Å²) >= 11 is 0. The second-order valence-electron chi connectivity index (χ2n) is 8.47. The van der Waals surface area contributed by atoms with Gasteiger partial charge in [0.15, 0.2) is 0 Å². The highest BCUT2D eigenvalue weighted by atomic mass is 16.2. The van der Waals surface area contributed by atoms with Gasteiger partial charge in [-0.2, -0.15) is 0 Å². The number of anilines is 2. The molecular formula is C25H27N3O2. The van der Waals surface area contributed by atoms with Crippen molar-refractivity contribution in [1.82, 2.24) is 0 Å². The normalized spacial score (nSPS) is 16.3. The van der Waals surface area contributed by atoms with Crippen LogP contribution in [0.4, 0.5) is 11.4 Å². The van der Waals surface area contributed by atoms with Gasteiger partial charge in [0.25, 0.3) is 0 Å². The molecule has 3 N–H and O–H groups in total. The van der Waals surface area contributed by atoms with E-state index in [1.54, 1.807) is 12.1 Å². The molecule has 3 aromatic rings. The lowest BCUT2D eigenvalue weighted by molar-refractivity contribution is -0.120. The molecule has 2 amide bonds. The molecule has 30 heavy (non-hydrogen) atoms. The van der Waals surface area contributed by atoms with Crippen molar-refractivity contribution in [3.8, 4) is 0 Å². The lowest BCUT2D eigenvalue weighted by Gasteiger charge is -2.27. The number of hydrogen-bond donors (Lipinski definition) is 2. The second-order valence-corrected chi connectivity index (χ2v) is 8.47. The molecule has 1 aliphatic heterocycles. The van der Waals surface area contributed by atoms with Crippen molar-refractivity contribution < 1.29 is 9.59 Å². The highest BCUT2D eigenvalue weighted by Gasteiger charge is 2.29. The van der Waals surface area contributed by atoms with Crippen molar-refractivity contribution in [2.75, 3.05) is 16.8 Å². The van der Waals surface area contributed by atoms with Gasteiger partial charge in [-0.1, -0.05) is 50.2 Å². The van der Waals surface area contributed by atoms with Crippen molar-refractivity contribution in [1.29, 1.82) is 0 Å². The molecule has 154 valence electrons. The summed E-state index contributed by atoms with van der Waals surface area (Å²) in [7, 11) is 0. The fourth-order valence-corrected chi connectivity index (χ4v) is 4.21. The number of rotatable bonds is 5. The van der Waals surface area contributed by atoms with E-state index in [9.17, 15) is 9.59 Å². The van der Waals surface area contributed by atoms with E-state index < -0.39 is 5.91 Å². The summed E-state index contributed by atoms with van der Waals surface area (Å²) in [5.74, 6) is -0.232. The Morgan fingerprint density at radius 3 is 2.60 bits per heavy atom. The Hall–Kier alpha value is -3.34. The fourth-order valence-electron chi connectivity index (χ4n) is 4.21. The Bertz CT molecular complexity index is 1110. The van der Waals surface area contributed by atoms with E-state index in [1.807, 2.05) is 18.2 Å². The predicted octanol–water partition coefficient (Wildman–Crippen LogP) is 4.56. The van der Waals surface area contributed by atoms with Crippen LogP contribution >= 0.6 is 0 Å². The average Bonchev–Trinajstić information content (AvgIpc) is 2.83. The molecule has 0 radical (unpaired) electrons. The van der Waals surface area contributed by atoms with E-state index in [0.29, 0.717) is 30.3 Å². The van der Waals surface area contributed by atoms with Gasteiger partial charge in [-0.3, -0.25) is 9.59 Å². The van der Waals surface area contributed by atoms with Gasteiger partial charge in [0.05, 0.1) is 17.3 Å². The van der Waals surface area contributed by atoms with E-state index in [1.165, 1.54) is 16.3 Å². The van der Waals surface area contributed by atoms with Crippen molar-refractivity contribution in [3.63, 3.8) is 0 Å². The number of amides is 2. The van der Waals surface area contributed by atoms with Crippen molar-refractivity contribution in [2.24, 2.45) is 17.6 Å². The molecule has 1 aliphatic rings. The first kappa shape index (κ1) is 20.0. The minimum absolute atomic E-state index is 0.00687. The first-order valence-electron chi connectivity index (χ1n) is 10.4. The topological polar surface area (TPSA) is 75.4 Å². The maximum Gasteiger partial charge on any atom is 0.248 e. The minimum atomic E-state index is -0.504. The number of carbonyl (C=O) groups is 2. The van der Waals surface area contributed by atoms with Crippen LogP contribution < -0.4 is 16.0 Å². The van der Waals surface area contributed by atoms with Crippen LogP contribution in [0.25, 0.3) is 10.8 Å². The molecule has 0 fully saturated rings. The molecule has 0 aromatic heterocycles. The number of carbonyl (C=O) groups excluding carboxylic acids is 2. The maximum absolute atomic E-state index is 12.9. The summed E-state index contributed by atoms with van der Waals surface area (Å²) in [6, 6.07) is 20.1. The van der Waals surface area contributed by atoms with Gasteiger partial charge in [0, 0.05) is 18.7 Å². The van der Waals surface area contributed by atoms with Crippen LogP contribution in [0.5, 0.6) is 0 Å². The number of benzene rings is 3. The van der Waals surface area contributed by atoms with Gasteiger partial charge in [-0.15, -0.1) is 0 Å². The Morgan fingerprint density at radius 2 is 1.87 bits per heavy atom. The summed E-state index contributed by atoms with van der Waals surface area (Å²) in [6.07, 6.45) is 0.802. The van der Waals surface area contributed by atoms with Crippen LogP contribution in [0.3, 0.4) is 0 Å². The number of hydrogen-bond acceptors (Lipinski definition) is 3. The third kappa shape index (κ3) is 4.15. The Balaban J connectivity index is 1.72. The van der Waals surface area contributed by atoms with Crippen LogP contribution in [-0.4, -0.2) is 18.4 Å². The number of primary amides is 1. The molecule has 0 spiro atoms. The number of nitrogens with one attached hydrogen (secondary N) is 1. The summed E-state index contributed by atoms with van der Waals surface area (Å²) in [6.45, 7) is 5.56. The zero-order valence-corrected chi connectivity index (χ0v) is 17.4. The summed E-state index contributed by atoms with van der Waals surface area (Å²) in [4.78, 5) is 26.8. The third-order valence-electron chi connectivity index (χ3n) is 5.63. The van der Waals surface area contributed by atoms with Gasteiger partial charge in [0.2, 0.25) is 11.8 Å². The zero-order chi connectivity index (χ0) is 21.3. The summed E-state index contributed by atoms with van der Waals surface area (Å²) in [5.41, 5.74) is 8.58. The Kier molecular flexibility index (Phi) is 5.44. The predicted molar refractivity (Wildman–Crippen MR) is 122 cm³/mol. The fraction of sp³-hybridized carbons (Fsp3) is 0.280. The second kappa shape index (κ2) is 8.19. The van der Waals surface area contributed by atoms with Crippen LogP contribution in [0.15, 0.2) is 60.7 Å². The number of nitrogens with zero attached hydrogens (tertiary/aromatic N) is 1. The highest BCUT2D eigenvalue weighted by Crippen LogP contribution is 2.34. The molecule has 5 heteroatoms. The van der Waals surface area contributed by atoms with Crippen LogP contribution in [0, 0.1) is 11.8 Å². The van der Waals surface area contributed by atoms with E-state index in [4.69, 9.17) is 5.73 Å². The Labute approximate surface area is 176 Å². The van der Waals surface area contributed by atoms with Crippen LogP contribution in [0.1, 0.15) is 36.2 Å². The molecule has 0 bridgehead atoms. The molecule has 1 unspecified atom stereocenters. The standard InChI is InChI=1S/C25H27N3O2/c1-16(2)11-21-15-28(14-17-7-8-18-5-3-4-6-19(18)12-17)23-10-9-20(24(26)29)13-22(23)27-25(21)30/h3-10,12-13,16,21H,11,14-15H2,1-2H3,(H2,26,29)(H,27,30). The van der Waals surface area contributed by atoms with Crippen molar-refractivity contribution >= 4 is 34.0 Å². The van der Waals surface area contributed by atoms with Gasteiger partial charge in [-0.05, 0) is 52.9 Å². The lowest BCUT2D eigenvalue weighted by atomic mass is 9.95. The molecule has 0 saturated heterocycles. The van der Waals surface area contributed by atoms with Gasteiger partial charge >= 0.3 is 0 Å². The van der Waals surface area contributed by atoms with E-state index in [0.717, 1.165) is 12.1 Å². The van der Waals surface area contributed by atoms with Crippen LogP contribution in [0.2, 0.25) is 0 Å². The van der Waals surface area contributed by atoms with E-state index >= 15 is 0 Å². The summed E-state index contributed by atoms with van der Waals surface area (Å²) < 4.78 is 0. The van der Waals surface area contributed by atoms with Crippen LogP contribution in [-0.2, 0) is 11.3 Å². The lowest BCUT2D eigenvalue weighted by Crippen LogP contribution is -2.33. The van der Waals surface area contributed by atoms with E-state index in [-0.39, 0.29) is 11.8 Å². The molecule has 1 heterocycles. The molecule has 0 aliphatic carbocycles. The summed E-state index contributed by atoms with van der Waals surface area (Å²) in [5, 5.41) is 5.43. The van der Waals surface area contributed by atoms with E-state index in [2.05, 4.69) is 54.4 Å².